The van der Waals surface area contributed by atoms with Gasteiger partial charge in [0.05, 0.1) is 11.6 Å². The van der Waals surface area contributed by atoms with E-state index in [1.807, 2.05) is 19.1 Å². The van der Waals surface area contributed by atoms with Gasteiger partial charge in [-0.3, -0.25) is 10.1 Å². The predicted octanol–water partition coefficient (Wildman–Crippen LogP) is 2.77. The minimum Gasteiger partial charge on any atom is -0.481 e. The minimum absolute atomic E-state index is 0.217. The molecule has 1 aliphatic heterocycles. The minimum atomic E-state index is -0.869. The number of nitrogens with one attached hydrogen (secondary N) is 1. The molecule has 2 amide bonds. The number of likely N-dealkylation sites (tertiary alicyclic amines) is 1. The standard InChI is InChI=1S/C16H17ClN4O3/c1-10-7-14(19-21(10)13-4-2-3-12(17)8-13)18-16(24)20-6-5-11(9-20)15(22)23/h2-4,7-8,11H,5-6,9H2,1H3,(H,22,23)(H,18,19,24). The second-order valence-corrected chi connectivity index (χ2v) is 6.20. The second kappa shape index (κ2) is 6.52. The van der Waals surface area contributed by atoms with Gasteiger partial charge in [-0.1, -0.05) is 17.7 Å². The van der Waals surface area contributed by atoms with E-state index in [9.17, 15) is 9.59 Å². The van der Waals surface area contributed by atoms with Gasteiger partial charge < -0.3 is 10.0 Å². The van der Waals surface area contributed by atoms with Crippen LogP contribution in [-0.4, -0.2) is 44.9 Å². The Bertz CT molecular complexity index is 789. The number of benzene rings is 1. The molecule has 1 aromatic heterocycles. The fourth-order valence-corrected chi connectivity index (χ4v) is 2.92. The Hall–Kier alpha value is -2.54. The number of carbonyl (C=O) groups excluding carboxylic acids is 1. The molecule has 0 bridgehead atoms. The van der Waals surface area contributed by atoms with Crippen LogP contribution in [0.1, 0.15) is 12.1 Å². The van der Waals surface area contributed by atoms with Crippen LogP contribution in [0.15, 0.2) is 30.3 Å². The van der Waals surface area contributed by atoms with E-state index in [2.05, 4.69) is 10.4 Å². The normalized spacial score (nSPS) is 17.1. The molecule has 1 aliphatic rings. The number of urea groups is 1. The Labute approximate surface area is 143 Å². The van der Waals surface area contributed by atoms with E-state index in [-0.39, 0.29) is 12.6 Å². The van der Waals surface area contributed by atoms with E-state index < -0.39 is 11.9 Å². The monoisotopic (exact) mass is 348 g/mol. The Morgan fingerprint density at radius 2 is 2.17 bits per heavy atom. The summed E-state index contributed by atoms with van der Waals surface area (Å²) in [6.07, 6.45) is 0.471. The number of aromatic nitrogens is 2. The van der Waals surface area contributed by atoms with Crippen LogP contribution in [0.5, 0.6) is 0 Å². The number of halogens is 1. The number of carboxylic acids is 1. The maximum absolute atomic E-state index is 12.2. The van der Waals surface area contributed by atoms with Gasteiger partial charge in [0.1, 0.15) is 0 Å². The summed E-state index contributed by atoms with van der Waals surface area (Å²) in [4.78, 5) is 24.7. The molecule has 0 radical (unpaired) electrons. The third kappa shape index (κ3) is 3.35. The lowest BCUT2D eigenvalue weighted by Crippen LogP contribution is -2.33. The molecular weight excluding hydrogens is 332 g/mol. The Kier molecular flexibility index (Phi) is 4.44. The van der Waals surface area contributed by atoms with E-state index in [4.69, 9.17) is 16.7 Å². The molecule has 1 unspecified atom stereocenters. The lowest BCUT2D eigenvalue weighted by atomic mass is 10.1. The third-order valence-corrected chi connectivity index (χ3v) is 4.24. The van der Waals surface area contributed by atoms with Gasteiger partial charge >= 0.3 is 12.0 Å². The van der Waals surface area contributed by atoms with Crippen molar-refractivity contribution in [3.05, 3.63) is 41.0 Å². The van der Waals surface area contributed by atoms with Gasteiger partial charge in [0.2, 0.25) is 0 Å². The summed E-state index contributed by atoms with van der Waals surface area (Å²) in [6.45, 7) is 2.52. The van der Waals surface area contributed by atoms with Crippen molar-refractivity contribution >= 4 is 29.4 Å². The summed E-state index contributed by atoms with van der Waals surface area (Å²) >= 11 is 6.00. The number of aryl methyl sites for hydroxylation is 1. The van der Waals surface area contributed by atoms with Crippen molar-refractivity contribution in [1.29, 1.82) is 0 Å². The summed E-state index contributed by atoms with van der Waals surface area (Å²) in [7, 11) is 0. The fourth-order valence-electron chi connectivity index (χ4n) is 2.74. The highest BCUT2D eigenvalue weighted by atomic mass is 35.5. The molecule has 2 heterocycles. The quantitative estimate of drug-likeness (QED) is 0.892. The summed E-state index contributed by atoms with van der Waals surface area (Å²) < 4.78 is 1.69. The molecule has 0 aliphatic carbocycles. The van der Waals surface area contributed by atoms with Crippen molar-refractivity contribution in [1.82, 2.24) is 14.7 Å². The van der Waals surface area contributed by atoms with E-state index in [1.54, 1.807) is 22.9 Å². The Balaban J connectivity index is 1.72. The van der Waals surface area contributed by atoms with Crippen molar-refractivity contribution in [3.63, 3.8) is 0 Å². The molecule has 1 aromatic carbocycles. The molecule has 3 rings (SSSR count). The molecule has 0 spiro atoms. The number of hydrogen-bond acceptors (Lipinski definition) is 3. The molecule has 1 saturated heterocycles. The van der Waals surface area contributed by atoms with Crippen molar-refractivity contribution in [2.45, 2.75) is 13.3 Å². The smallest absolute Gasteiger partial charge is 0.323 e. The molecule has 0 saturated carbocycles. The number of rotatable bonds is 3. The van der Waals surface area contributed by atoms with Gasteiger partial charge in [-0.05, 0) is 31.5 Å². The van der Waals surface area contributed by atoms with E-state index in [0.29, 0.717) is 23.8 Å². The van der Waals surface area contributed by atoms with Crippen molar-refractivity contribution in [3.8, 4) is 5.69 Å². The van der Waals surface area contributed by atoms with Gasteiger partial charge in [0.15, 0.2) is 5.82 Å². The number of nitrogens with zero attached hydrogens (tertiary/aromatic N) is 3. The Morgan fingerprint density at radius 1 is 1.38 bits per heavy atom. The van der Waals surface area contributed by atoms with E-state index >= 15 is 0 Å². The topological polar surface area (TPSA) is 87.5 Å². The average molecular weight is 349 g/mol. The molecule has 1 fully saturated rings. The Morgan fingerprint density at radius 3 is 2.83 bits per heavy atom. The lowest BCUT2D eigenvalue weighted by Gasteiger charge is -2.15. The largest absolute Gasteiger partial charge is 0.481 e. The van der Waals surface area contributed by atoms with Crippen molar-refractivity contribution < 1.29 is 14.7 Å². The first kappa shape index (κ1) is 16.3. The first-order valence-corrected chi connectivity index (χ1v) is 7.93. The van der Waals surface area contributed by atoms with Crippen LogP contribution in [0.3, 0.4) is 0 Å². The number of aliphatic carboxylic acids is 1. The number of carbonyl (C=O) groups is 2. The molecule has 24 heavy (non-hydrogen) atoms. The van der Waals surface area contributed by atoms with Crippen LogP contribution < -0.4 is 5.32 Å². The highest BCUT2D eigenvalue weighted by Crippen LogP contribution is 2.20. The van der Waals surface area contributed by atoms with Crippen LogP contribution in [0.4, 0.5) is 10.6 Å². The molecular formula is C16H17ClN4O3. The summed E-state index contributed by atoms with van der Waals surface area (Å²) in [5, 5.41) is 16.7. The van der Waals surface area contributed by atoms with Gasteiger partial charge in [-0.15, -0.1) is 5.10 Å². The van der Waals surface area contributed by atoms with Crippen LogP contribution in [0, 0.1) is 12.8 Å². The summed E-state index contributed by atoms with van der Waals surface area (Å²) in [5.74, 6) is -0.955. The van der Waals surface area contributed by atoms with E-state index in [0.717, 1.165) is 11.4 Å². The maximum Gasteiger partial charge on any atom is 0.323 e. The molecule has 8 heteroatoms. The van der Waals surface area contributed by atoms with Gasteiger partial charge in [0, 0.05) is 29.9 Å². The van der Waals surface area contributed by atoms with Gasteiger partial charge in [-0.2, -0.15) is 0 Å². The molecule has 1 atom stereocenters. The van der Waals surface area contributed by atoms with E-state index in [1.165, 1.54) is 4.90 Å². The number of hydrogen-bond donors (Lipinski definition) is 2. The van der Waals surface area contributed by atoms with Crippen LogP contribution in [-0.2, 0) is 4.79 Å². The maximum atomic E-state index is 12.2. The highest BCUT2D eigenvalue weighted by molar-refractivity contribution is 6.30. The first-order valence-electron chi connectivity index (χ1n) is 7.55. The molecule has 7 nitrogen and oxygen atoms in total. The highest BCUT2D eigenvalue weighted by Gasteiger charge is 2.31. The van der Waals surface area contributed by atoms with Crippen LogP contribution >= 0.6 is 11.6 Å². The number of amides is 2. The number of anilines is 1. The van der Waals surface area contributed by atoms with Crippen LogP contribution in [0.2, 0.25) is 5.02 Å². The SMILES string of the molecule is Cc1cc(NC(=O)N2CCC(C(=O)O)C2)nn1-c1cccc(Cl)c1. The van der Waals surface area contributed by atoms with Crippen molar-refractivity contribution in [2.75, 3.05) is 18.4 Å². The summed E-state index contributed by atoms with van der Waals surface area (Å²) in [5.41, 5.74) is 1.64. The lowest BCUT2D eigenvalue weighted by molar-refractivity contribution is -0.141. The molecule has 2 N–H and O–H groups in total. The fraction of sp³-hybridized carbons (Fsp3) is 0.312. The molecule has 2 aromatic rings. The summed E-state index contributed by atoms with van der Waals surface area (Å²) in [6, 6.07) is 8.67. The number of carboxylic acid groups (broad SMARTS) is 1. The third-order valence-electron chi connectivity index (χ3n) is 4.00. The molecule has 126 valence electrons. The van der Waals surface area contributed by atoms with Crippen molar-refractivity contribution in [2.24, 2.45) is 5.92 Å². The second-order valence-electron chi connectivity index (χ2n) is 5.76. The van der Waals surface area contributed by atoms with Gasteiger partial charge in [-0.25, -0.2) is 9.48 Å². The zero-order valence-corrected chi connectivity index (χ0v) is 13.8. The van der Waals surface area contributed by atoms with Gasteiger partial charge in [0.25, 0.3) is 0 Å². The van der Waals surface area contributed by atoms with Crippen LogP contribution in [0.25, 0.3) is 5.69 Å². The average Bonchev–Trinajstić information content (AvgIpc) is 3.14. The zero-order chi connectivity index (χ0) is 17.3. The predicted molar refractivity (Wildman–Crippen MR) is 89.6 cm³/mol. The zero-order valence-electron chi connectivity index (χ0n) is 13.1. The first-order chi connectivity index (χ1) is 11.4.